The summed E-state index contributed by atoms with van der Waals surface area (Å²) in [5.74, 6) is -0.548. The van der Waals surface area contributed by atoms with Crippen molar-refractivity contribution in [3.8, 4) is 0 Å². The van der Waals surface area contributed by atoms with Crippen LogP contribution in [0.2, 0.25) is 0 Å². The van der Waals surface area contributed by atoms with E-state index in [9.17, 15) is 18.3 Å². The minimum Gasteiger partial charge on any atom is -0.394 e. The highest BCUT2D eigenvalue weighted by molar-refractivity contribution is 7.88. The third-order valence-electron chi connectivity index (χ3n) is 3.96. The minimum atomic E-state index is -3.62. The topological polar surface area (TPSA) is 105 Å². The second kappa shape index (κ2) is 10.9. The summed E-state index contributed by atoms with van der Waals surface area (Å²) in [5.41, 5.74) is 1.87. The molecule has 28 heavy (non-hydrogen) atoms. The Hall–Kier alpha value is -2.26. The fourth-order valence-corrected chi connectivity index (χ4v) is 3.34. The Bertz CT molecular complexity index is 828. The van der Waals surface area contributed by atoms with Crippen molar-refractivity contribution >= 4 is 15.9 Å². The van der Waals surface area contributed by atoms with Gasteiger partial charge in [0, 0.05) is 0 Å². The maximum atomic E-state index is 12.6. The monoisotopic (exact) mass is 406 g/mol. The number of carbonyl (C=O) groups excluding carboxylic acids is 1. The van der Waals surface area contributed by atoms with E-state index in [4.69, 9.17) is 4.74 Å². The highest BCUT2D eigenvalue weighted by Crippen LogP contribution is 2.05. The highest BCUT2D eigenvalue weighted by Gasteiger charge is 2.24. The van der Waals surface area contributed by atoms with E-state index >= 15 is 0 Å². The molecule has 152 valence electrons. The van der Waals surface area contributed by atoms with Crippen molar-refractivity contribution in [1.29, 1.82) is 0 Å². The number of rotatable bonds is 11. The summed E-state index contributed by atoms with van der Waals surface area (Å²) < 4.78 is 31.1. The Morgan fingerprint density at radius 3 is 2.14 bits per heavy atom. The van der Waals surface area contributed by atoms with Gasteiger partial charge in [-0.1, -0.05) is 60.7 Å². The standard InChI is InChI=1S/C20H26N2O5S/c1-28(25,26)22-19(15-27-14-17-10-6-3-7-11-17)20(24)21-18(13-23)12-16-8-4-2-5-9-16/h2-11,18-19,22-23H,12-15H2,1H3,(H,21,24)/t18-,19+/m0/s1. The second-order valence-corrected chi connectivity index (χ2v) is 8.30. The maximum absolute atomic E-state index is 12.6. The fourth-order valence-electron chi connectivity index (χ4n) is 2.65. The molecule has 0 aliphatic carbocycles. The van der Waals surface area contributed by atoms with Gasteiger partial charge in [-0.15, -0.1) is 0 Å². The van der Waals surface area contributed by atoms with Crippen LogP contribution in [0.5, 0.6) is 0 Å². The van der Waals surface area contributed by atoms with Crippen molar-refractivity contribution in [2.45, 2.75) is 25.1 Å². The molecule has 0 saturated carbocycles. The average Bonchev–Trinajstić information content (AvgIpc) is 2.67. The largest absolute Gasteiger partial charge is 0.394 e. The molecule has 7 nitrogen and oxygen atoms in total. The fraction of sp³-hybridized carbons (Fsp3) is 0.350. The lowest BCUT2D eigenvalue weighted by Crippen LogP contribution is -2.52. The zero-order valence-corrected chi connectivity index (χ0v) is 16.6. The van der Waals surface area contributed by atoms with Gasteiger partial charge in [-0.2, -0.15) is 0 Å². The number of aliphatic hydroxyl groups excluding tert-OH is 1. The molecule has 0 bridgehead atoms. The molecule has 2 aromatic carbocycles. The van der Waals surface area contributed by atoms with Gasteiger partial charge in [0.2, 0.25) is 15.9 Å². The lowest BCUT2D eigenvalue weighted by Gasteiger charge is -2.22. The lowest BCUT2D eigenvalue weighted by molar-refractivity contribution is -0.125. The smallest absolute Gasteiger partial charge is 0.240 e. The summed E-state index contributed by atoms with van der Waals surface area (Å²) in [7, 11) is -3.62. The molecule has 0 fully saturated rings. The quantitative estimate of drug-likeness (QED) is 0.513. The van der Waals surface area contributed by atoms with Gasteiger partial charge >= 0.3 is 0 Å². The Kier molecular flexibility index (Phi) is 8.59. The van der Waals surface area contributed by atoms with Crippen molar-refractivity contribution in [2.75, 3.05) is 19.5 Å². The van der Waals surface area contributed by atoms with Crippen LogP contribution in [-0.2, 0) is 32.6 Å². The molecule has 2 aromatic rings. The molecular formula is C20H26N2O5S. The first-order valence-corrected chi connectivity index (χ1v) is 10.8. The zero-order chi connectivity index (χ0) is 20.4. The van der Waals surface area contributed by atoms with Gasteiger partial charge in [0.15, 0.2) is 0 Å². The first-order valence-electron chi connectivity index (χ1n) is 8.91. The van der Waals surface area contributed by atoms with Crippen LogP contribution in [-0.4, -0.2) is 51.0 Å². The van der Waals surface area contributed by atoms with Crippen molar-refractivity contribution in [3.05, 3.63) is 71.8 Å². The van der Waals surface area contributed by atoms with Gasteiger partial charge in [-0.05, 0) is 17.5 Å². The van der Waals surface area contributed by atoms with Crippen LogP contribution < -0.4 is 10.0 Å². The number of carbonyl (C=O) groups is 1. The molecule has 0 saturated heterocycles. The molecule has 0 aliphatic heterocycles. The predicted octanol–water partition coefficient (Wildman–Crippen LogP) is 0.841. The molecule has 1 amide bonds. The predicted molar refractivity (Wildman–Crippen MR) is 107 cm³/mol. The number of nitrogens with one attached hydrogen (secondary N) is 2. The number of benzene rings is 2. The van der Waals surface area contributed by atoms with E-state index in [1.54, 1.807) is 0 Å². The summed E-state index contributed by atoms with van der Waals surface area (Å²) >= 11 is 0. The number of hydrogen-bond donors (Lipinski definition) is 3. The maximum Gasteiger partial charge on any atom is 0.240 e. The summed E-state index contributed by atoms with van der Waals surface area (Å²) in [5, 5.41) is 12.3. The summed E-state index contributed by atoms with van der Waals surface area (Å²) in [6.45, 7) is -0.141. The molecule has 2 atom stereocenters. The third-order valence-corrected chi connectivity index (χ3v) is 4.67. The number of aliphatic hydroxyl groups is 1. The van der Waals surface area contributed by atoms with E-state index in [0.717, 1.165) is 17.4 Å². The normalized spacial score (nSPS) is 13.6. The molecule has 0 aromatic heterocycles. The van der Waals surface area contributed by atoms with E-state index in [1.165, 1.54) is 0 Å². The average molecular weight is 407 g/mol. The Morgan fingerprint density at radius 1 is 1.04 bits per heavy atom. The molecule has 0 radical (unpaired) electrons. The first-order chi connectivity index (χ1) is 13.4. The minimum absolute atomic E-state index is 0.128. The van der Waals surface area contributed by atoms with Gasteiger partial charge in [0.25, 0.3) is 0 Å². The Labute approximate surface area is 165 Å². The van der Waals surface area contributed by atoms with Crippen LogP contribution in [0.1, 0.15) is 11.1 Å². The van der Waals surface area contributed by atoms with Crippen molar-refractivity contribution in [3.63, 3.8) is 0 Å². The number of ether oxygens (including phenoxy) is 1. The van der Waals surface area contributed by atoms with E-state index in [0.29, 0.717) is 6.42 Å². The van der Waals surface area contributed by atoms with Gasteiger partial charge in [0.05, 0.1) is 32.1 Å². The van der Waals surface area contributed by atoms with Crippen LogP contribution in [0.15, 0.2) is 60.7 Å². The molecule has 8 heteroatoms. The molecule has 0 heterocycles. The van der Waals surface area contributed by atoms with E-state index in [-0.39, 0.29) is 19.8 Å². The Morgan fingerprint density at radius 2 is 1.61 bits per heavy atom. The summed E-state index contributed by atoms with van der Waals surface area (Å²) in [6.07, 6.45) is 1.41. The Balaban J connectivity index is 1.96. The third kappa shape index (κ3) is 8.18. The van der Waals surface area contributed by atoms with Crippen LogP contribution >= 0.6 is 0 Å². The van der Waals surface area contributed by atoms with E-state index < -0.39 is 28.0 Å². The van der Waals surface area contributed by atoms with Gasteiger partial charge in [0.1, 0.15) is 6.04 Å². The molecule has 0 aliphatic rings. The highest BCUT2D eigenvalue weighted by atomic mass is 32.2. The first kappa shape index (κ1) is 22.0. The lowest BCUT2D eigenvalue weighted by atomic mass is 10.1. The van der Waals surface area contributed by atoms with Gasteiger partial charge in [-0.25, -0.2) is 13.1 Å². The summed E-state index contributed by atoms with van der Waals surface area (Å²) in [6, 6.07) is 17.2. The number of amides is 1. The molecule has 0 spiro atoms. The van der Waals surface area contributed by atoms with E-state index in [2.05, 4.69) is 10.0 Å². The number of hydrogen-bond acceptors (Lipinski definition) is 5. The zero-order valence-electron chi connectivity index (χ0n) is 15.7. The molecule has 3 N–H and O–H groups in total. The van der Waals surface area contributed by atoms with Crippen LogP contribution in [0.4, 0.5) is 0 Å². The molecule has 2 rings (SSSR count). The summed E-state index contributed by atoms with van der Waals surface area (Å²) in [4.78, 5) is 12.6. The molecule has 0 unspecified atom stereocenters. The van der Waals surface area contributed by atoms with E-state index in [1.807, 2.05) is 60.7 Å². The van der Waals surface area contributed by atoms with Crippen LogP contribution in [0, 0.1) is 0 Å². The van der Waals surface area contributed by atoms with Crippen LogP contribution in [0.25, 0.3) is 0 Å². The van der Waals surface area contributed by atoms with Crippen molar-refractivity contribution < 1.29 is 23.1 Å². The van der Waals surface area contributed by atoms with Crippen molar-refractivity contribution in [2.24, 2.45) is 0 Å². The van der Waals surface area contributed by atoms with Crippen LogP contribution in [0.3, 0.4) is 0 Å². The van der Waals surface area contributed by atoms with Crippen molar-refractivity contribution in [1.82, 2.24) is 10.0 Å². The SMILES string of the molecule is CS(=O)(=O)N[C@H](COCc1ccccc1)C(=O)N[C@H](CO)Cc1ccccc1. The molecular weight excluding hydrogens is 380 g/mol. The number of sulfonamides is 1. The van der Waals surface area contributed by atoms with Gasteiger partial charge < -0.3 is 15.2 Å². The second-order valence-electron chi connectivity index (χ2n) is 6.52. The van der Waals surface area contributed by atoms with Gasteiger partial charge in [-0.3, -0.25) is 4.79 Å².